The number of benzene rings is 5. The van der Waals surface area contributed by atoms with E-state index in [-0.39, 0.29) is 11.8 Å². The van der Waals surface area contributed by atoms with Gasteiger partial charge in [-0.3, -0.25) is 4.79 Å². The highest BCUT2D eigenvalue weighted by Crippen LogP contribution is 2.63. The van der Waals surface area contributed by atoms with Gasteiger partial charge in [0.25, 0.3) is 0 Å². The van der Waals surface area contributed by atoms with Gasteiger partial charge in [0, 0.05) is 24.7 Å². The first-order valence-corrected chi connectivity index (χ1v) is 25.8. The van der Waals surface area contributed by atoms with Crippen LogP contribution in [0.1, 0.15) is 211 Å². The molecule has 1 nitrogen and oxygen atoms in total. The summed E-state index contributed by atoms with van der Waals surface area (Å²) in [5.74, 6) is 3.45. The van der Waals surface area contributed by atoms with Crippen LogP contribution in [-0.4, -0.2) is 17.1 Å². The average Bonchev–Trinajstić information content (AvgIpc) is 4.01. The van der Waals surface area contributed by atoms with E-state index >= 15 is 0 Å². The molecule has 4 unspecified atom stereocenters. The molecule has 5 aromatic carbocycles. The zero-order valence-corrected chi connectivity index (χ0v) is 39.6. The number of carbonyl (C=O) groups excluding carboxylic acids is 1. The Balaban J connectivity index is 1.55. The first kappa shape index (κ1) is 43.8. The van der Waals surface area contributed by atoms with Crippen molar-refractivity contribution in [2.75, 3.05) is 0 Å². The fraction of sp³-hybridized carbons (Fsp3) is 0.475. The molecule has 0 N–H and O–H groups in total. The number of hydrogen-bond donors (Lipinski definition) is 0. The molecule has 3 fully saturated rings. The van der Waals surface area contributed by atoms with E-state index in [4.69, 9.17) is 0 Å². The molecule has 8 rings (SSSR count). The Bertz CT molecular complexity index is 2030. The summed E-state index contributed by atoms with van der Waals surface area (Å²) in [6, 6.07) is 45.1. The van der Waals surface area contributed by atoms with Gasteiger partial charge in [-0.15, -0.1) is 0 Å². The lowest BCUT2D eigenvalue weighted by atomic mass is 9.73. The van der Waals surface area contributed by atoms with Gasteiger partial charge in [0.1, 0.15) is 5.78 Å². The summed E-state index contributed by atoms with van der Waals surface area (Å²) in [4.78, 5) is 14.4. The third kappa shape index (κ3) is 8.90. The summed E-state index contributed by atoms with van der Waals surface area (Å²) in [6.45, 7) is 19.2. The van der Waals surface area contributed by atoms with Crippen LogP contribution < -0.4 is 5.30 Å². The van der Waals surface area contributed by atoms with Crippen molar-refractivity contribution in [3.8, 4) is 0 Å². The largest absolute Gasteiger partial charge is 0.300 e. The molecule has 1 aliphatic heterocycles. The lowest BCUT2D eigenvalue weighted by Gasteiger charge is -2.47. The van der Waals surface area contributed by atoms with E-state index in [2.05, 4.69) is 171 Å². The molecular weight excluding hydrogens is 756 g/mol. The van der Waals surface area contributed by atoms with Crippen molar-refractivity contribution in [3.05, 3.63) is 171 Å². The summed E-state index contributed by atoms with van der Waals surface area (Å²) < 4.78 is 0. The number of ketones is 1. The Morgan fingerprint density at radius 3 is 1.03 bits per heavy atom. The van der Waals surface area contributed by atoms with Crippen LogP contribution in [0.2, 0.25) is 0 Å². The van der Waals surface area contributed by atoms with Gasteiger partial charge >= 0.3 is 0 Å². The van der Waals surface area contributed by atoms with E-state index in [0.717, 1.165) is 12.8 Å². The van der Waals surface area contributed by atoms with Crippen LogP contribution in [0.25, 0.3) is 0 Å². The van der Waals surface area contributed by atoms with E-state index in [1.165, 1.54) is 107 Å². The van der Waals surface area contributed by atoms with Gasteiger partial charge in [-0.1, -0.05) is 204 Å². The summed E-state index contributed by atoms with van der Waals surface area (Å²) in [6.07, 6.45) is 11.8. The summed E-state index contributed by atoms with van der Waals surface area (Å²) in [5, 5.41) is 1.66. The van der Waals surface area contributed by atoms with E-state index in [9.17, 15) is 4.79 Å². The standard InChI is InChI=1S/C59H73OP/c1-38(2)47-30-19-31-48(39(3)4)57(47)55(44-26-11-9-12-27-44)51-34-21-35-52(56(45-28-13-10-14-29-45)58-49(40(5)6)32-20-33-50(58)41(7)8)59(51)61-53(42-22-15-16-23-42)36-46(60)37-54(61)43-24-17-18-25-43/h9-14,19-21,26-35,38-43,53-56H,15-18,22-25,36-37H2,1-8H3. The van der Waals surface area contributed by atoms with Crippen molar-refractivity contribution in [1.29, 1.82) is 0 Å². The molecule has 0 bridgehead atoms. The van der Waals surface area contributed by atoms with Crippen LogP contribution in [0.3, 0.4) is 0 Å². The summed E-state index contributed by atoms with van der Waals surface area (Å²) in [5.41, 5.74) is 15.5. The topological polar surface area (TPSA) is 17.1 Å². The van der Waals surface area contributed by atoms with Crippen molar-refractivity contribution in [2.45, 2.75) is 166 Å². The lowest BCUT2D eigenvalue weighted by Crippen LogP contribution is -2.41. The summed E-state index contributed by atoms with van der Waals surface area (Å²) >= 11 is 0. The summed E-state index contributed by atoms with van der Waals surface area (Å²) in [7, 11) is -0.731. The minimum Gasteiger partial charge on any atom is -0.300 e. The van der Waals surface area contributed by atoms with Crippen molar-refractivity contribution in [1.82, 2.24) is 0 Å². The quantitative estimate of drug-likeness (QED) is 0.0853. The smallest absolute Gasteiger partial charge is 0.134 e. The maximum Gasteiger partial charge on any atom is 0.134 e. The van der Waals surface area contributed by atoms with Gasteiger partial charge in [-0.25, -0.2) is 0 Å². The van der Waals surface area contributed by atoms with E-state index < -0.39 is 7.92 Å². The maximum absolute atomic E-state index is 14.4. The highest BCUT2D eigenvalue weighted by molar-refractivity contribution is 7.67. The van der Waals surface area contributed by atoms with Crippen LogP contribution in [0.5, 0.6) is 0 Å². The number of hydrogen-bond acceptors (Lipinski definition) is 1. The zero-order chi connectivity index (χ0) is 42.8. The van der Waals surface area contributed by atoms with E-state index in [0.29, 0.717) is 52.6 Å². The van der Waals surface area contributed by atoms with Crippen LogP contribution in [0.15, 0.2) is 115 Å². The van der Waals surface area contributed by atoms with Gasteiger partial charge in [-0.05, 0) is 133 Å². The first-order valence-electron chi connectivity index (χ1n) is 24.3. The maximum atomic E-state index is 14.4. The molecule has 2 saturated carbocycles. The Morgan fingerprint density at radius 1 is 0.410 bits per heavy atom. The lowest BCUT2D eigenvalue weighted by molar-refractivity contribution is -0.119. The monoisotopic (exact) mass is 829 g/mol. The van der Waals surface area contributed by atoms with E-state index in [1.807, 2.05) is 0 Å². The Labute approximate surface area is 371 Å². The second-order valence-electron chi connectivity index (χ2n) is 20.4. The van der Waals surface area contributed by atoms with Crippen molar-refractivity contribution in [2.24, 2.45) is 11.8 Å². The highest BCUT2D eigenvalue weighted by Gasteiger charge is 2.48. The van der Waals surface area contributed by atoms with Crippen LogP contribution in [-0.2, 0) is 4.79 Å². The first-order chi connectivity index (χ1) is 29.5. The number of rotatable bonds is 13. The minimum atomic E-state index is -0.731. The Kier molecular flexibility index (Phi) is 13.9. The SMILES string of the molecule is CC(C)c1cccc(C(C)C)c1C(c1ccccc1)c1cccc(C(c2ccccc2)c2c(C(C)C)cccc2C(C)C)c1P1C(C2CCCC2)CC(=O)CC1C1CCCC1. The third-order valence-electron chi connectivity index (χ3n) is 15.1. The van der Waals surface area contributed by atoms with Crippen molar-refractivity contribution < 1.29 is 4.79 Å². The highest BCUT2D eigenvalue weighted by atomic mass is 31.1. The number of Topliss-reactive ketones (excluding diaryl/α,β-unsaturated/α-hetero) is 1. The van der Waals surface area contributed by atoms with Crippen LogP contribution in [0.4, 0.5) is 0 Å². The van der Waals surface area contributed by atoms with Crippen LogP contribution in [0, 0.1) is 11.8 Å². The average molecular weight is 829 g/mol. The molecule has 3 aliphatic rings. The molecule has 0 aromatic heterocycles. The molecule has 5 aromatic rings. The van der Waals surface area contributed by atoms with Gasteiger partial charge < -0.3 is 0 Å². The molecule has 0 amide bonds. The molecule has 1 heterocycles. The van der Waals surface area contributed by atoms with Gasteiger partial charge in [0.2, 0.25) is 0 Å². The minimum absolute atomic E-state index is 0.0714. The number of carbonyl (C=O) groups is 1. The van der Waals surface area contributed by atoms with Crippen LogP contribution >= 0.6 is 7.92 Å². The molecule has 1 saturated heterocycles. The fourth-order valence-corrected chi connectivity index (χ4v) is 16.8. The zero-order valence-electron chi connectivity index (χ0n) is 38.7. The Hall–Kier alpha value is -3.80. The third-order valence-corrected chi connectivity index (χ3v) is 18.8. The van der Waals surface area contributed by atoms with E-state index in [1.54, 1.807) is 5.30 Å². The molecule has 2 aliphatic carbocycles. The van der Waals surface area contributed by atoms with Gasteiger partial charge in [0.15, 0.2) is 0 Å². The predicted octanol–water partition coefficient (Wildman–Crippen LogP) is 16.1. The predicted molar refractivity (Wildman–Crippen MR) is 263 cm³/mol. The fourth-order valence-electron chi connectivity index (χ4n) is 12.3. The molecule has 61 heavy (non-hydrogen) atoms. The molecule has 0 spiro atoms. The molecule has 4 atom stereocenters. The normalized spacial score (nSPS) is 21.3. The van der Waals surface area contributed by atoms with Crippen molar-refractivity contribution in [3.63, 3.8) is 0 Å². The van der Waals surface area contributed by atoms with Gasteiger partial charge in [-0.2, -0.15) is 0 Å². The molecule has 0 radical (unpaired) electrons. The molecular formula is C59H73OP. The van der Waals surface area contributed by atoms with Gasteiger partial charge in [0.05, 0.1) is 0 Å². The van der Waals surface area contributed by atoms with Crippen molar-refractivity contribution >= 4 is 19.0 Å². The molecule has 320 valence electrons. The molecule has 2 heteroatoms. The second kappa shape index (κ2) is 19.3. The second-order valence-corrected chi connectivity index (χ2v) is 23.0. The Morgan fingerprint density at radius 2 is 0.721 bits per heavy atom.